The highest BCUT2D eigenvalue weighted by Crippen LogP contribution is 2.09. The smallest absolute Gasteiger partial charge is 0.153 e. The molecule has 0 bridgehead atoms. The Morgan fingerprint density at radius 2 is 1.93 bits per heavy atom. The SMILES string of the molecule is Cc1ccc(-n2nc(C)cc2C)nc1. The van der Waals surface area contributed by atoms with Crippen LogP contribution in [0.4, 0.5) is 0 Å². The third-order valence-electron chi connectivity index (χ3n) is 2.12. The number of rotatable bonds is 1. The van der Waals surface area contributed by atoms with Gasteiger partial charge >= 0.3 is 0 Å². The molecule has 2 heterocycles. The van der Waals surface area contributed by atoms with Gasteiger partial charge in [-0.2, -0.15) is 5.10 Å². The van der Waals surface area contributed by atoms with Crippen molar-refractivity contribution in [3.8, 4) is 5.82 Å². The maximum absolute atomic E-state index is 4.36. The average Bonchev–Trinajstić information content (AvgIpc) is 2.47. The molecule has 0 aliphatic heterocycles. The molecule has 2 aromatic rings. The molecule has 0 amide bonds. The fraction of sp³-hybridized carbons (Fsp3) is 0.273. The Kier molecular flexibility index (Phi) is 2.08. The van der Waals surface area contributed by atoms with E-state index in [-0.39, 0.29) is 0 Å². The first-order chi connectivity index (χ1) is 6.66. The number of nitrogens with zero attached hydrogens (tertiary/aromatic N) is 3. The van der Waals surface area contributed by atoms with Gasteiger partial charge in [-0.1, -0.05) is 6.07 Å². The van der Waals surface area contributed by atoms with E-state index in [0.29, 0.717) is 0 Å². The lowest BCUT2D eigenvalue weighted by atomic mass is 10.3. The Morgan fingerprint density at radius 3 is 2.43 bits per heavy atom. The van der Waals surface area contributed by atoms with Gasteiger partial charge in [0.15, 0.2) is 5.82 Å². The summed E-state index contributed by atoms with van der Waals surface area (Å²) in [6.45, 7) is 6.04. The number of hydrogen-bond acceptors (Lipinski definition) is 2. The molecule has 0 fully saturated rings. The Labute approximate surface area is 83.4 Å². The summed E-state index contributed by atoms with van der Waals surface area (Å²) in [5, 5.41) is 4.36. The van der Waals surface area contributed by atoms with Crippen molar-refractivity contribution in [3.05, 3.63) is 41.3 Å². The number of aromatic nitrogens is 3. The monoisotopic (exact) mass is 187 g/mol. The topological polar surface area (TPSA) is 30.7 Å². The van der Waals surface area contributed by atoms with E-state index in [1.54, 1.807) is 0 Å². The average molecular weight is 187 g/mol. The molecule has 0 aromatic carbocycles. The van der Waals surface area contributed by atoms with Crippen molar-refractivity contribution in [2.45, 2.75) is 20.8 Å². The first-order valence-corrected chi connectivity index (χ1v) is 4.63. The third-order valence-corrected chi connectivity index (χ3v) is 2.12. The van der Waals surface area contributed by atoms with Crippen LogP contribution in [-0.2, 0) is 0 Å². The lowest BCUT2D eigenvalue weighted by Crippen LogP contribution is -2.01. The second-order valence-corrected chi connectivity index (χ2v) is 3.53. The van der Waals surface area contributed by atoms with Crippen LogP contribution in [0.15, 0.2) is 24.4 Å². The highest BCUT2D eigenvalue weighted by molar-refractivity contribution is 5.27. The van der Waals surface area contributed by atoms with E-state index in [2.05, 4.69) is 10.1 Å². The number of aryl methyl sites for hydroxylation is 3. The van der Waals surface area contributed by atoms with Crippen molar-refractivity contribution in [3.63, 3.8) is 0 Å². The summed E-state index contributed by atoms with van der Waals surface area (Å²) in [6, 6.07) is 6.06. The zero-order valence-corrected chi connectivity index (χ0v) is 8.65. The Bertz CT molecular complexity index is 440. The second kappa shape index (κ2) is 3.25. The van der Waals surface area contributed by atoms with Crippen molar-refractivity contribution in [2.24, 2.45) is 0 Å². The summed E-state index contributed by atoms with van der Waals surface area (Å²) in [4.78, 5) is 4.32. The molecule has 0 N–H and O–H groups in total. The van der Waals surface area contributed by atoms with Crippen molar-refractivity contribution in [1.29, 1.82) is 0 Å². The molecule has 2 aromatic heterocycles. The first kappa shape index (κ1) is 8.94. The normalized spacial score (nSPS) is 10.5. The molecule has 0 saturated carbocycles. The minimum atomic E-state index is 0.876. The predicted molar refractivity (Wildman–Crippen MR) is 55.6 cm³/mol. The highest BCUT2D eigenvalue weighted by Gasteiger charge is 2.03. The van der Waals surface area contributed by atoms with Crippen LogP contribution in [0, 0.1) is 20.8 Å². The van der Waals surface area contributed by atoms with E-state index in [9.17, 15) is 0 Å². The summed E-state index contributed by atoms with van der Waals surface area (Å²) in [6.07, 6.45) is 1.85. The van der Waals surface area contributed by atoms with Gasteiger partial charge in [0, 0.05) is 11.9 Å². The van der Waals surface area contributed by atoms with Crippen molar-refractivity contribution >= 4 is 0 Å². The van der Waals surface area contributed by atoms with Gasteiger partial charge in [-0.05, 0) is 38.5 Å². The van der Waals surface area contributed by atoms with E-state index in [1.807, 2.05) is 49.8 Å². The van der Waals surface area contributed by atoms with Gasteiger partial charge in [-0.25, -0.2) is 9.67 Å². The third kappa shape index (κ3) is 1.53. The van der Waals surface area contributed by atoms with Crippen LogP contribution < -0.4 is 0 Å². The van der Waals surface area contributed by atoms with Crippen LogP contribution in [0.2, 0.25) is 0 Å². The molecule has 0 saturated heterocycles. The molecule has 3 heteroatoms. The van der Waals surface area contributed by atoms with Gasteiger partial charge in [0.25, 0.3) is 0 Å². The fourth-order valence-corrected chi connectivity index (χ4v) is 1.45. The van der Waals surface area contributed by atoms with Crippen LogP contribution in [0.1, 0.15) is 17.0 Å². The van der Waals surface area contributed by atoms with Crippen LogP contribution in [0.3, 0.4) is 0 Å². The van der Waals surface area contributed by atoms with E-state index in [1.165, 1.54) is 0 Å². The molecule has 72 valence electrons. The van der Waals surface area contributed by atoms with Gasteiger partial charge in [-0.3, -0.25) is 0 Å². The van der Waals surface area contributed by atoms with Crippen molar-refractivity contribution in [1.82, 2.24) is 14.8 Å². The van der Waals surface area contributed by atoms with E-state index < -0.39 is 0 Å². The molecule has 3 nitrogen and oxygen atoms in total. The van der Waals surface area contributed by atoms with Gasteiger partial charge in [0.2, 0.25) is 0 Å². The molecule has 0 aliphatic rings. The van der Waals surface area contributed by atoms with Gasteiger partial charge in [0.1, 0.15) is 0 Å². The summed E-state index contributed by atoms with van der Waals surface area (Å²) >= 11 is 0. The molecular formula is C11H13N3. The maximum atomic E-state index is 4.36. The Hall–Kier alpha value is -1.64. The lowest BCUT2D eigenvalue weighted by Gasteiger charge is -2.02. The Balaban J connectivity index is 2.49. The minimum absolute atomic E-state index is 0.876. The molecule has 0 unspecified atom stereocenters. The van der Waals surface area contributed by atoms with Crippen molar-refractivity contribution < 1.29 is 0 Å². The zero-order chi connectivity index (χ0) is 10.1. The molecule has 14 heavy (non-hydrogen) atoms. The van der Waals surface area contributed by atoms with Crippen LogP contribution in [0.5, 0.6) is 0 Å². The first-order valence-electron chi connectivity index (χ1n) is 4.63. The second-order valence-electron chi connectivity index (χ2n) is 3.53. The van der Waals surface area contributed by atoms with E-state index in [0.717, 1.165) is 22.8 Å². The minimum Gasteiger partial charge on any atom is -0.237 e. The van der Waals surface area contributed by atoms with Gasteiger partial charge in [-0.15, -0.1) is 0 Å². The summed E-state index contributed by atoms with van der Waals surface area (Å²) < 4.78 is 1.86. The van der Waals surface area contributed by atoms with Crippen LogP contribution >= 0.6 is 0 Å². The highest BCUT2D eigenvalue weighted by atomic mass is 15.3. The van der Waals surface area contributed by atoms with Gasteiger partial charge in [0.05, 0.1) is 5.69 Å². The standard InChI is InChI=1S/C11H13N3/c1-8-4-5-11(12-7-8)14-10(3)6-9(2)13-14/h4-7H,1-3H3. The molecule has 0 aliphatic carbocycles. The molecule has 0 radical (unpaired) electrons. The van der Waals surface area contributed by atoms with Crippen molar-refractivity contribution in [2.75, 3.05) is 0 Å². The van der Waals surface area contributed by atoms with E-state index >= 15 is 0 Å². The number of hydrogen-bond donors (Lipinski definition) is 0. The van der Waals surface area contributed by atoms with Crippen LogP contribution in [0.25, 0.3) is 5.82 Å². The summed E-state index contributed by atoms with van der Waals surface area (Å²) in [5.41, 5.74) is 3.29. The maximum Gasteiger partial charge on any atom is 0.153 e. The number of pyridine rings is 1. The largest absolute Gasteiger partial charge is 0.237 e. The van der Waals surface area contributed by atoms with Crippen LogP contribution in [-0.4, -0.2) is 14.8 Å². The quantitative estimate of drug-likeness (QED) is 0.685. The summed E-state index contributed by atoms with van der Waals surface area (Å²) in [5.74, 6) is 0.876. The molecule has 0 atom stereocenters. The Morgan fingerprint density at radius 1 is 1.14 bits per heavy atom. The molecular weight excluding hydrogens is 174 g/mol. The lowest BCUT2D eigenvalue weighted by molar-refractivity contribution is 0.805. The summed E-state index contributed by atoms with van der Waals surface area (Å²) in [7, 11) is 0. The zero-order valence-electron chi connectivity index (χ0n) is 8.65. The fourth-order valence-electron chi connectivity index (χ4n) is 1.45. The molecule has 2 rings (SSSR count). The predicted octanol–water partition coefficient (Wildman–Crippen LogP) is 2.19. The molecule has 0 spiro atoms. The van der Waals surface area contributed by atoms with Gasteiger partial charge < -0.3 is 0 Å². The van der Waals surface area contributed by atoms with E-state index in [4.69, 9.17) is 0 Å².